The third-order valence-electron chi connectivity index (χ3n) is 9.47. The van der Waals surface area contributed by atoms with Gasteiger partial charge in [0, 0.05) is 29.7 Å². The Bertz CT molecular complexity index is 1890. The number of allylic oxidation sites excluding steroid dienone is 2. The van der Waals surface area contributed by atoms with Gasteiger partial charge in [-0.05, 0) is 122 Å². The van der Waals surface area contributed by atoms with E-state index in [0.717, 1.165) is 80.6 Å². The SMILES string of the molecule is CC/C(F)=C(\F)Cc1cc(C)cc(C(=O)Nc2ccc(OC(=O)c3ccc4cc(OCCCCCCOCC5(CC)COC5)ccc4c3)c(C)c2)c1. The van der Waals surface area contributed by atoms with Crippen LogP contribution in [-0.4, -0.2) is 44.9 Å². The Morgan fingerprint density at radius 1 is 0.808 bits per heavy atom. The number of benzene rings is 4. The molecule has 1 N–H and O–H groups in total. The first-order valence-electron chi connectivity index (χ1n) is 18.2. The number of carbonyl (C=O) groups is 2. The summed E-state index contributed by atoms with van der Waals surface area (Å²) in [5.41, 5.74) is 3.40. The number of rotatable bonds is 18. The molecule has 0 atom stereocenters. The zero-order chi connectivity index (χ0) is 37.1. The highest BCUT2D eigenvalue weighted by Gasteiger charge is 2.36. The second kappa shape index (κ2) is 18.2. The van der Waals surface area contributed by atoms with Crippen LogP contribution in [0.2, 0.25) is 0 Å². The van der Waals surface area contributed by atoms with E-state index in [2.05, 4.69) is 12.2 Å². The normalized spacial score (nSPS) is 14.0. The van der Waals surface area contributed by atoms with E-state index in [1.807, 2.05) is 24.3 Å². The van der Waals surface area contributed by atoms with Crippen molar-refractivity contribution in [1.82, 2.24) is 0 Å². The Labute approximate surface area is 305 Å². The van der Waals surface area contributed by atoms with Gasteiger partial charge in [0.1, 0.15) is 23.2 Å². The number of nitrogens with one attached hydrogen (secondary N) is 1. The average Bonchev–Trinajstić information content (AvgIpc) is 3.12. The third-order valence-corrected chi connectivity index (χ3v) is 9.47. The number of aryl methyl sites for hydroxylation is 2. The van der Waals surface area contributed by atoms with Crippen molar-refractivity contribution >= 4 is 28.3 Å². The molecule has 9 heteroatoms. The molecule has 4 aromatic rings. The van der Waals surface area contributed by atoms with Crippen LogP contribution in [0.15, 0.2) is 84.5 Å². The first-order chi connectivity index (χ1) is 25.1. The topological polar surface area (TPSA) is 83.1 Å². The number of hydrogen-bond acceptors (Lipinski definition) is 6. The molecule has 52 heavy (non-hydrogen) atoms. The van der Waals surface area contributed by atoms with Gasteiger partial charge in [0.2, 0.25) is 0 Å². The molecule has 4 aromatic carbocycles. The summed E-state index contributed by atoms with van der Waals surface area (Å²) in [6, 6.07) is 21.2. The molecule has 0 aromatic heterocycles. The summed E-state index contributed by atoms with van der Waals surface area (Å²) in [7, 11) is 0. The number of esters is 1. The maximum atomic E-state index is 14.1. The molecule has 0 aliphatic carbocycles. The van der Waals surface area contributed by atoms with E-state index in [1.54, 1.807) is 69.3 Å². The first kappa shape index (κ1) is 38.6. The molecule has 0 radical (unpaired) electrons. The number of hydrogen-bond donors (Lipinski definition) is 1. The summed E-state index contributed by atoms with van der Waals surface area (Å²) in [5.74, 6) is -1.36. The van der Waals surface area contributed by atoms with E-state index in [0.29, 0.717) is 40.3 Å². The van der Waals surface area contributed by atoms with Crippen LogP contribution >= 0.6 is 0 Å². The first-order valence-corrected chi connectivity index (χ1v) is 18.2. The number of halogens is 2. The van der Waals surface area contributed by atoms with Crippen molar-refractivity contribution in [3.8, 4) is 11.5 Å². The maximum Gasteiger partial charge on any atom is 0.343 e. The van der Waals surface area contributed by atoms with Gasteiger partial charge in [0.25, 0.3) is 5.91 Å². The fraction of sp³-hybridized carbons (Fsp3) is 0.395. The molecule has 1 saturated heterocycles. The van der Waals surface area contributed by atoms with E-state index in [9.17, 15) is 18.4 Å². The molecule has 1 amide bonds. The van der Waals surface area contributed by atoms with Gasteiger partial charge in [-0.15, -0.1) is 0 Å². The summed E-state index contributed by atoms with van der Waals surface area (Å²) < 4.78 is 50.8. The lowest BCUT2D eigenvalue weighted by molar-refractivity contribution is -0.150. The van der Waals surface area contributed by atoms with Crippen LogP contribution in [0, 0.1) is 19.3 Å². The Morgan fingerprint density at radius 3 is 2.27 bits per heavy atom. The van der Waals surface area contributed by atoms with Crippen LogP contribution in [0.4, 0.5) is 14.5 Å². The van der Waals surface area contributed by atoms with Crippen molar-refractivity contribution in [2.24, 2.45) is 5.41 Å². The molecule has 0 spiro atoms. The predicted octanol–water partition coefficient (Wildman–Crippen LogP) is 10.4. The molecule has 1 aliphatic heterocycles. The molecule has 7 nitrogen and oxygen atoms in total. The summed E-state index contributed by atoms with van der Waals surface area (Å²) in [6.07, 6.45) is 5.07. The smallest absolute Gasteiger partial charge is 0.343 e. The van der Waals surface area contributed by atoms with Crippen molar-refractivity contribution in [1.29, 1.82) is 0 Å². The monoisotopic (exact) mass is 713 g/mol. The number of unbranched alkanes of at least 4 members (excludes halogenated alkanes) is 3. The van der Waals surface area contributed by atoms with Gasteiger partial charge in [0.15, 0.2) is 0 Å². The minimum Gasteiger partial charge on any atom is -0.494 e. The highest BCUT2D eigenvalue weighted by Crippen LogP contribution is 2.31. The van der Waals surface area contributed by atoms with Crippen LogP contribution in [-0.2, 0) is 15.9 Å². The van der Waals surface area contributed by atoms with Crippen LogP contribution in [0.3, 0.4) is 0 Å². The van der Waals surface area contributed by atoms with Gasteiger partial charge in [-0.1, -0.05) is 44.0 Å². The number of ether oxygens (including phenoxy) is 4. The summed E-state index contributed by atoms with van der Waals surface area (Å²) >= 11 is 0. The zero-order valence-electron chi connectivity index (χ0n) is 30.6. The molecule has 5 rings (SSSR count). The Balaban J connectivity index is 1.08. The number of carbonyl (C=O) groups excluding carboxylic acids is 2. The molecule has 1 fully saturated rings. The van der Waals surface area contributed by atoms with E-state index in [-0.39, 0.29) is 18.3 Å². The van der Waals surface area contributed by atoms with Crippen molar-refractivity contribution < 1.29 is 37.3 Å². The molecule has 1 aliphatic rings. The lowest BCUT2D eigenvalue weighted by Crippen LogP contribution is -2.45. The summed E-state index contributed by atoms with van der Waals surface area (Å²) in [6.45, 7) is 11.2. The van der Waals surface area contributed by atoms with E-state index in [4.69, 9.17) is 18.9 Å². The standard InChI is InChI=1S/C43H49F2NO6/c1-5-38(44)39(45)23-31-19-29(3)20-35(22-31)41(47)46-36-14-16-40(30(4)21-36)52-42(48)34-12-11-33-25-37(15-13-32(33)24-34)51-18-10-8-7-9-17-49-26-43(6-2)27-50-28-43/h11-16,19-22,24-25H,5-10,17-18,23,26-28H2,1-4H3,(H,46,47)/b39-38+. The molecule has 0 bridgehead atoms. The van der Waals surface area contributed by atoms with Gasteiger partial charge < -0.3 is 24.3 Å². The second-order valence-electron chi connectivity index (χ2n) is 13.8. The molecule has 0 saturated carbocycles. The Kier molecular flexibility index (Phi) is 13.6. The summed E-state index contributed by atoms with van der Waals surface area (Å²) in [5, 5.41) is 4.69. The van der Waals surface area contributed by atoms with Crippen LogP contribution in [0.5, 0.6) is 11.5 Å². The van der Waals surface area contributed by atoms with Crippen LogP contribution in [0.1, 0.15) is 89.8 Å². The number of amides is 1. The van der Waals surface area contributed by atoms with Crippen molar-refractivity contribution in [2.45, 2.75) is 72.6 Å². The third kappa shape index (κ3) is 10.5. The quantitative estimate of drug-likeness (QED) is 0.0628. The molecular weight excluding hydrogens is 664 g/mol. The fourth-order valence-corrected chi connectivity index (χ4v) is 6.13. The fourth-order valence-electron chi connectivity index (χ4n) is 6.13. The van der Waals surface area contributed by atoms with Crippen molar-refractivity contribution in [3.05, 3.63) is 112 Å². The highest BCUT2D eigenvalue weighted by atomic mass is 19.2. The maximum absolute atomic E-state index is 14.1. The lowest BCUT2D eigenvalue weighted by Gasteiger charge is -2.40. The van der Waals surface area contributed by atoms with Crippen molar-refractivity contribution in [3.63, 3.8) is 0 Å². The average molecular weight is 714 g/mol. The van der Waals surface area contributed by atoms with Crippen molar-refractivity contribution in [2.75, 3.05) is 38.4 Å². The molecule has 0 unspecified atom stereocenters. The number of anilines is 1. The minimum absolute atomic E-state index is 0.0238. The Hall–Kier alpha value is -4.60. The Morgan fingerprint density at radius 2 is 1.56 bits per heavy atom. The van der Waals surface area contributed by atoms with Gasteiger partial charge in [0.05, 0.1) is 32.0 Å². The largest absolute Gasteiger partial charge is 0.494 e. The van der Waals surface area contributed by atoms with Gasteiger partial charge >= 0.3 is 5.97 Å². The highest BCUT2D eigenvalue weighted by molar-refractivity contribution is 6.04. The molecule has 276 valence electrons. The van der Waals surface area contributed by atoms with Gasteiger partial charge in [-0.3, -0.25) is 4.79 Å². The summed E-state index contributed by atoms with van der Waals surface area (Å²) in [4.78, 5) is 26.2. The second-order valence-corrected chi connectivity index (χ2v) is 13.8. The molecular formula is C43H49F2NO6. The van der Waals surface area contributed by atoms with Crippen LogP contribution in [0.25, 0.3) is 10.8 Å². The zero-order valence-corrected chi connectivity index (χ0v) is 30.6. The van der Waals surface area contributed by atoms with Gasteiger partial charge in [-0.25, -0.2) is 13.6 Å². The number of fused-ring (bicyclic) bond motifs is 1. The minimum atomic E-state index is -0.835. The van der Waals surface area contributed by atoms with E-state index in [1.165, 1.54) is 0 Å². The van der Waals surface area contributed by atoms with Crippen LogP contribution < -0.4 is 14.8 Å². The lowest BCUT2D eigenvalue weighted by atomic mass is 9.84. The van der Waals surface area contributed by atoms with E-state index >= 15 is 0 Å². The van der Waals surface area contributed by atoms with Gasteiger partial charge in [-0.2, -0.15) is 0 Å². The van der Waals surface area contributed by atoms with E-state index < -0.39 is 23.5 Å². The molecule has 1 heterocycles. The predicted molar refractivity (Wildman–Crippen MR) is 201 cm³/mol.